The van der Waals surface area contributed by atoms with E-state index in [1.807, 2.05) is 0 Å². The SMILES string of the molecule is CC1(CNCc2c(F)cc(C#N)cc2F)CC1. The lowest BCUT2D eigenvalue weighted by Crippen LogP contribution is -2.22. The molecule has 0 bridgehead atoms. The Morgan fingerprint density at radius 3 is 2.41 bits per heavy atom. The molecule has 0 spiro atoms. The van der Waals surface area contributed by atoms with Crippen molar-refractivity contribution in [2.45, 2.75) is 26.3 Å². The Morgan fingerprint density at radius 1 is 1.35 bits per heavy atom. The van der Waals surface area contributed by atoms with Crippen LogP contribution in [0.15, 0.2) is 12.1 Å². The molecule has 1 aliphatic rings. The van der Waals surface area contributed by atoms with Crippen LogP contribution >= 0.6 is 0 Å². The summed E-state index contributed by atoms with van der Waals surface area (Å²) in [6.07, 6.45) is 2.33. The Balaban J connectivity index is 2.03. The van der Waals surface area contributed by atoms with Crippen molar-refractivity contribution < 1.29 is 8.78 Å². The van der Waals surface area contributed by atoms with Gasteiger partial charge in [-0.2, -0.15) is 5.26 Å². The average Bonchev–Trinajstić information content (AvgIpc) is 3.00. The highest BCUT2D eigenvalue weighted by Crippen LogP contribution is 2.44. The first kappa shape index (κ1) is 12.0. The van der Waals surface area contributed by atoms with Gasteiger partial charge < -0.3 is 5.32 Å². The van der Waals surface area contributed by atoms with Crippen molar-refractivity contribution in [3.63, 3.8) is 0 Å². The monoisotopic (exact) mass is 236 g/mol. The number of hydrogen-bond donors (Lipinski definition) is 1. The molecule has 0 heterocycles. The van der Waals surface area contributed by atoms with Gasteiger partial charge in [0.1, 0.15) is 11.6 Å². The van der Waals surface area contributed by atoms with E-state index in [0.29, 0.717) is 5.41 Å². The van der Waals surface area contributed by atoms with Crippen LogP contribution in [0.2, 0.25) is 0 Å². The van der Waals surface area contributed by atoms with Gasteiger partial charge in [0.25, 0.3) is 0 Å². The molecule has 0 aliphatic heterocycles. The summed E-state index contributed by atoms with van der Waals surface area (Å²) in [7, 11) is 0. The maximum atomic E-state index is 13.5. The van der Waals surface area contributed by atoms with Gasteiger partial charge in [0.15, 0.2) is 0 Å². The van der Waals surface area contributed by atoms with E-state index in [1.54, 1.807) is 6.07 Å². The van der Waals surface area contributed by atoms with Crippen LogP contribution in [0.4, 0.5) is 8.78 Å². The lowest BCUT2D eigenvalue weighted by molar-refractivity contribution is 0.477. The molecule has 0 atom stereocenters. The number of hydrogen-bond acceptors (Lipinski definition) is 2. The Kier molecular flexibility index (Phi) is 3.12. The fraction of sp³-hybridized carbons (Fsp3) is 0.462. The van der Waals surface area contributed by atoms with Crippen LogP contribution in [-0.4, -0.2) is 6.54 Å². The summed E-state index contributed by atoms with van der Waals surface area (Å²) in [4.78, 5) is 0. The van der Waals surface area contributed by atoms with Crippen LogP contribution in [-0.2, 0) is 6.54 Å². The third-order valence-corrected chi connectivity index (χ3v) is 3.23. The molecule has 0 saturated heterocycles. The first-order valence-corrected chi connectivity index (χ1v) is 5.63. The first-order valence-electron chi connectivity index (χ1n) is 5.63. The molecule has 0 amide bonds. The number of nitrogens with zero attached hydrogens (tertiary/aromatic N) is 1. The highest BCUT2D eigenvalue weighted by atomic mass is 19.1. The van der Waals surface area contributed by atoms with Crippen molar-refractivity contribution in [1.29, 1.82) is 5.26 Å². The van der Waals surface area contributed by atoms with Crippen LogP contribution in [0.25, 0.3) is 0 Å². The minimum Gasteiger partial charge on any atom is -0.312 e. The first-order chi connectivity index (χ1) is 8.04. The number of nitriles is 1. The van der Waals surface area contributed by atoms with Gasteiger partial charge in [-0.1, -0.05) is 6.92 Å². The summed E-state index contributed by atoms with van der Waals surface area (Å²) in [5, 5.41) is 11.6. The van der Waals surface area contributed by atoms with Gasteiger partial charge in [0, 0.05) is 18.7 Å². The third-order valence-electron chi connectivity index (χ3n) is 3.23. The van der Waals surface area contributed by atoms with Crippen LogP contribution in [0.1, 0.15) is 30.9 Å². The number of benzene rings is 1. The molecule has 1 aromatic carbocycles. The zero-order chi connectivity index (χ0) is 12.5. The minimum atomic E-state index is -0.657. The normalized spacial score (nSPS) is 16.6. The lowest BCUT2D eigenvalue weighted by Gasteiger charge is -2.11. The van der Waals surface area contributed by atoms with Gasteiger partial charge in [-0.3, -0.25) is 0 Å². The van der Waals surface area contributed by atoms with E-state index in [9.17, 15) is 8.78 Å². The quantitative estimate of drug-likeness (QED) is 0.872. The molecular weight excluding hydrogens is 222 g/mol. The van der Waals surface area contributed by atoms with Crippen LogP contribution in [0.3, 0.4) is 0 Å². The summed E-state index contributed by atoms with van der Waals surface area (Å²) in [6.45, 7) is 3.08. The van der Waals surface area contributed by atoms with Crippen molar-refractivity contribution >= 4 is 0 Å². The van der Waals surface area contributed by atoms with Crippen molar-refractivity contribution in [2.24, 2.45) is 5.41 Å². The van der Waals surface area contributed by atoms with E-state index in [0.717, 1.165) is 18.7 Å². The summed E-state index contributed by atoms with van der Waals surface area (Å²) in [5.74, 6) is -1.31. The van der Waals surface area contributed by atoms with Gasteiger partial charge in [-0.05, 0) is 30.4 Å². The molecule has 90 valence electrons. The van der Waals surface area contributed by atoms with Crippen molar-refractivity contribution in [3.05, 3.63) is 34.9 Å². The molecule has 0 radical (unpaired) electrons. The standard InChI is InChI=1S/C13H14F2N2/c1-13(2-3-13)8-17-7-10-11(14)4-9(6-16)5-12(10)15/h4-5,17H,2-3,7-8H2,1H3. The maximum absolute atomic E-state index is 13.5. The van der Waals surface area contributed by atoms with Crippen molar-refractivity contribution in [1.82, 2.24) is 5.32 Å². The second-order valence-electron chi connectivity index (χ2n) is 4.94. The van der Waals surface area contributed by atoms with E-state index in [-0.39, 0.29) is 17.7 Å². The molecule has 4 heteroatoms. The number of nitrogens with one attached hydrogen (secondary N) is 1. The molecule has 1 saturated carbocycles. The van der Waals surface area contributed by atoms with Crippen LogP contribution in [0.5, 0.6) is 0 Å². The summed E-state index contributed by atoms with van der Waals surface area (Å²) < 4.78 is 27.0. The lowest BCUT2D eigenvalue weighted by atomic mass is 10.1. The average molecular weight is 236 g/mol. The second-order valence-corrected chi connectivity index (χ2v) is 4.94. The number of rotatable bonds is 4. The Hall–Kier alpha value is -1.47. The highest BCUT2D eigenvalue weighted by Gasteiger charge is 2.36. The molecule has 0 unspecified atom stereocenters. The minimum absolute atomic E-state index is 0.00764. The summed E-state index contributed by atoms with van der Waals surface area (Å²) in [6, 6.07) is 3.86. The zero-order valence-corrected chi connectivity index (χ0v) is 9.69. The summed E-state index contributed by atoms with van der Waals surface area (Å²) >= 11 is 0. The molecule has 2 nitrogen and oxygen atoms in total. The van der Waals surface area contributed by atoms with E-state index >= 15 is 0 Å². The van der Waals surface area contributed by atoms with E-state index in [4.69, 9.17) is 5.26 Å². The maximum Gasteiger partial charge on any atom is 0.131 e. The van der Waals surface area contributed by atoms with Gasteiger partial charge >= 0.3 is 0 Å². The summed E-state index contributed by atoms with van der Waals surface area (Å²) in [5.41, 5.74) is 0.325. The molecule has 1 aliphatic carbocycles. The highest BCUT2D eigenvalue weighted by molar-refractivity contribution is 5.34. The van der Waals surface area contributed by atoms with Crippen molar-refractivity contribution in [3.8, 4) is 6.07 Å². The van der Waals surface area contributed by atoms with E-state index in [2.05, 4.69) is 12.2 Å². The fourth-order valence-corrected chi connectivity index (χ4v) is 1.72. The van der Waals surface area contributed by atoms with Gasteiger partial charge in [0.05, 0.1) is 11.6 Å². The van der Waals surface area contributed by atoms with Crippen LogP contribution in [0, 0.1) is 28.4 Å². The Morgan fingerprint density at radius 2 is 1.94 bits per heavy atom. The smallest absolute Gasteiger partial charge is 0.131 e. The Labute approximate surface area is 99.3 Å². The van der Waals surface area contributed by atoms with E-state index < -0.39 is 11.6 Å². The second kappa shape index (κ2) is 4.42. The topological polar surface area (TPSA) is 35.8 Å². The predicted octanol–water partition coefficient (Wildman–Crippen LogP) is 2.73. The molecule has 1 aromatic rings. The molecule has 17 heavy (non-hydrogen) atoms. The predicted molar refractivity (Wildman–Crippen MR) is 60.1 cm³/mol. The van der Waals surface area contributed by atoms with Crippen molar-refractivity contribution in [2.75, 3.05) is 6.54 Å². The molecular formula is C13H14F2N2. The Bertz CT molecular complexity index is 450. The number of halogens is 2. The van der Waals surface area contributed by atoms with Gasteiger partial charge in [-0.15, -0.1) is 0 Å². The molecule has 1 fully saturated rings. The van der Waals surface area contributed by atoms with Gasteiger partial charge in [0.2, 0.25) is 0 Å². The zero-order valence-electron chi connectivity index (χ0n) is 9.69. The molecule has 2 rings (SSSR count). The molecule has 0 aromatic heterocycles. The third kappa shape index (κ3) is 2.80. The largest absolute Gasteiger partial charge is 0.312 e. The van der Waals surface area contributed by atoms with E-state index in [1.165, 1.54) is 12.8 Å². The fourth-order valence-electron chi connectivity index (χ4n) is 1.72. The van der Waals surface area contributed by atoms with Gasteiger partial charge in [-0.25, -0.2) is 8.78 Å². The van der Waals surface area contributed by atoms with Crippen LogP contribution < -0.4 is 5.32 Å². The molecule has 1 N–H and O–H groups in total.